The van der Waals surface area contributed by atoms with E-state index in [4.69, 9.17) is 16.3 Å². The summed E-state index contributed by atoms with van der Waals surface area (Å²) in [5.74, 6) is 0.671. The molecule has 0 saturated carbocycles. The summed E-state index contributed by atoms with van der Waals surface area (Å²) in [5, 5.41) is 9.50. The molecule has 118 valence electrons. The van der Waals surface area contributed by atoms with Gasteiger partial charge in [0.15, 0.2) is 0 Å². The molecule has 1 amide bonds. The maximum absolute atomic E-state index is 11.8. The maximum atomic E-state index is 11.8. The summed E-state index contributed by atoms with van der Waals surface area (Å²) in [6, 6.07) is 5.32. The number of hydrogen-bond acceptors (Lipinski definition) is 5. The highest BCUT2D eigenvalue weighted by molar-refractivity contribution is 7.09. The number of rotatable bonds is 7. The Kier molecular flexibility index (Phi) is 6.03. The number of hydrogen-bond donors (Lipinski definition) is 2. The minimum absolute atomic E-state index is 0.0265. The van der Waals surface area contributed by atoms with Crippen LogP contribution in [-0.2, 0) is 11.3 Å². The maximum Gasteiger partial charge on any atom is 0.222 e. The molecule has 0 radical (unpaired) electrons. The van der Waals surface area contributed by atoms with Gasteiger partial charge in [-0.15, -0.1) is 11.3 Å². The van der Waals surface area contributed by atoms with Crippen molar-refractivity contribution in [1.82, 2.24) is 10.3 Å². The van der Waals surface area contributed by atoms with Crippen LogP contribution in [0.1, 0.15) is 17.1 Å². The van der Waals surface area contributed by atoms with E-state index >= 15 is 0 Å². The minimum Gasteiger partial charge on any atom is -0.495 e. The molecule has 0 unspecified atom stereocenters. The van der Waals surface area contributed by atoms with Crippen molar-refractivity contribution in [2.45, 2.75) is 19.9 Å². The lowest BCUT2D eigenvalue weighted by Gasteiger charge is -2.11. The van der Waals surface area contributed by atoms with Crippen molar-refractivity contribution in [3.63, 3.8) is 0 Å². The highest BCUT2D eigenvalue weighted by atomic mass is 35.5. The number of nitrogens with zero attached hydrogens (tertiary/aromatic N) is 1. The Labute approximate surface area is 138 Å². The fourth-order valence-electron chi connectivity index (χ4n) is 1.88. The summed E-state index contributed by atoms with van der Waals surface area (Å²) in [4.78, 5) is 16.1. The van der Waals surface area contributed by atoms with Gasteiger partial charge >= 0.3 is 0 Å². The molecule has 5 nitrogen and oxygen atoms in total. The van der Waals surface area contributed by atoms with E-state index in [1.165, 1.54) is 0 Å². The first kappa shape index (κ1) is 16.6. The molecule has 1 aromatic carbocycles. The zero-order chi connectivity index (χ0) is 15.9. The van der Waals surface area contributed by atoms with Crippen LogP contribution < -0.4 is 15.4 Å². The minimum atomic E-state index is -0.0265. The Morgan fingerprint density at radius 1 is 1.45 bits per heavy atom. The number of anilines is 1. The number of methoxy groups -OCH3 is 1. The van der Waals surface area contributed by atoms with Gasteiger partial charge in [-0.3, -0.25) is 4.79 Å². The molecule has 0 spiro atoms. The van der Waals surface area contributed by atoms with E-state index in [0.717, 1.165) is 16.4 Å². The van der Waals surface area contributed by atoms with Gasteiger partial charge in [0, 0.05) is 29.1 Å². The fraction of sp³-hybridized carbons (Fsp3) is 0.333. The summed E-state index contributed by atoms with van der Waals surface area (Å²) in [5.41, 5.74) is 1.75. The molecule has 7 heteroatoms. The Balaban J connectivity index is 1.76. The van der Waals surface area contributed by atoms with Crippen molar-refractivity contribution in [3.8, 4) is 5.75 Å². The third kappa shape index (κ3) is 4.89. The quantitative estimate of drug-likeness (QED) is 0.813. The van der Waals surface area contributed by atoms with Gasteiger partial charge in [-0.1, -0.05) is 11.6 Å². The molecule has 0 atom stereocenters. The van der Waals surface area contributed by atoms with Crippen molar-refractivity contribution in [1.29, 1.82) is 0 Å². The number of ether oxygens (including phenoxy) is 1. The highest BCUT2D eigenvalue weighted by Crippen LogP contribution is 2.27. The first-order valence-electron chi connectivity index (χ1n) is 6.83. The summed E-state index contributed by atoms with van der Waals surface area (Å²) in [7, 11) is 1.59. The largest absolute Gasteiger partial charge is 0.495 e. The van der Waals surface area contributed by atoms with Gasteiger partial charge in [0.1, 0.15) is 10.8 Å². The molecule has 0 aliphatic rings. The fourth-order valence-corrected chi connectivity index (χ4v) is 2.76. The zero-order valence-corrected chi connectivity index (χ0v) is 14.1. The van der Waals surface area contributed by atoms with E-state index in [1.807, 2.05) is 12.3 Å². The highest BCUT2D eigenvalue weighted by Gasteiger charge is 2.06. The van der Waals surface area contributed by atoms with Crippen LogP contribution in [0.25, 0.3) is 0 Å². The van der Waals surface area contributed by atoms with E-state index in [9.17, 15) is 4.79 Å². The number of nitrogens with one attached hydrogen (secondary N) is 2. The molecular weight excluding hydrogens is 322 g/mol. The SMILES string of the molecule is COc1ccc(Cl)cc1NCCC(=O)NCc1nc(C)cs1. The van der Waals surface area contributed by atoms with E-state index in [1.54, 1.807) is 36.6 Å². The summed E-state index contributed by atoms with van der Waals surface area (Å²) in [6.07, 6.45) is 0.361. The van der Waals surface area contributed by atoms with Crippen LogP contribution in [0.4, 0.5) is 5.69 Å². The lowest BCUT2D eigenvalue weighted by molar-refractivity contribution is -0.121. The Bertz CT molecular complexity index is 645. The van der Waals surface area contributed by atoms with E-state index in [0.29, 0.717) is 30.3 Å². The smallest absolute Gasteiger partial charge is 0.222 e. The zero-order valence-electron chi connectivity index (χ0n) is 12.5. The van der Waals surface area contributed by atoms with Gasteiger partial charge in [-0.2, -0.15) is 0 Å². The van der Waals surface area contributed by atoms with Gasteiger partial charge in [0.25, 0.3) is 0 Å². The molecule has 0 aliphatic carbocycles. The van der Waals surface area contributed by atoms with Crippen molar-refractivity contribution < 1.29 is 9.53 Å². The molecule has 0 fully saturated rings. The number of thiazole rings is 1. The molecule has 2 rings (SSSR count). The van der Waals surface area contributed by atoms with Crippen LogP contribution in [0.15, 0.2) is 23.6 Å². The molecule has 1 heterocycles. The monoisotopic (exact) mass is 339 g/mol. The lowest BCUT2D eigenvalue weighted by atomic mass is 10.2. The lowest BCUT2D eigenvalue weighted by Crippen LogP contribution is -2.24. The molecule has 2 N–H and O–H groups in total. The average Bonchev–Trinajstić information content (AvgIpc) is 2.91. The van der Waals surface area contributed by atoms with Crippen molar-refractivity contribution in [3.05, 3.63) is 39.3 Å². The van der Waals surface area contributed by atoms with Crippen LogP contribution in [0.3, 0.4) is 0 Å². The number of benzene rings is 1. The normalized spacial score (nSPS) is 10.3. The van der Waals surface area contributed by atoms with Crippen LogP contribution in [0.2, 0.25) is 5.02 Å². The second kappa shape index (κ2) is 8.00. The van der Waals surface area contributed by atoms with Crippen LogP contribution in [-0.4, -0.2) is 24.5 Å². The topological polar surface area (TPSA) is 63.2 Å². The predicted molar refractivity (Wildman–Crippen MR) is 89.8 cm³/mol. The van der Waals surface area contributed by atoms with Crippen molar-refractivity contribution in [2.24, 2.45) is 0 Å². The average molecular weight is 340 g/mol. The summed E-state index contributed by atoms with van der Waals surface area (Å²) >= 11 is 7.50. The van der Waals surface area contributed by atoms with E-state index in [2.05, 4.69) is 15.6 Å². The van der Waals surface area contributed by atoms with Gasteiger partial charge in [0.05, 0.1) is 19.3 Å². The van der Waals surface area contributed by atoms with E-state index in [-0.39, 0.29) is 5.91 Å². The number of halogens is 1. The summed E-state index contributed by atoms with van der Waals surface area (Å²) < 4.78 is 5.24. The molecule has 1 aromatic heterocycles. The molecule has 22 heavy (non-hydrogen) atoms. The molecule has 0 bridgehead atoms. The Hall–Kier alpha value is -1.79. The van der Waals surface area contributed by atoms with Gasteiger partial charge in [0.2, 0.25) is 5.91 Å². The first-order chi connectivity index (χ1) is 10.6. The molecule has 0 saturated heterocycles. The molecular formula is C15H18ClN3O2S. The van der Waals surface area contributed by atoms with Crippen LogP contribution >= 0.6 is 22.9 Å². The van der Waals surface area contributed by atoms with E-state index < -0.39 is 0 Å². The van der Waals surface area contributed by atoms with Gasteiger partial charge in [-0.25, -0.2) is 4.98 Å². The second-order valence-electron chi connectivity index (χ2n) is 4.68. The van der Waals surface area contributed by atoms with Crippen LogP contribution in [0, 0.1) is 6.92 Å². The molecule has 2 aromatic rings. The van der Waals surface area contributed by atoms with Gasteiger partial charge in [-0.05, 0) is 25.1 Å². The predicted octanol–water partition coefficient (Wildman–Crippen LogP) is 3.23. The Morgan fingerprint density at radius 3 is 2.95 bits per heavy atom. The number of aromatic nitrogens is 1. The number of aryl methyl sites for hydroxylation is 1. The third-order valence-corrected chi connectivity index (χ3v) is 4.13. The number of carbonyl (C=O) groups is 1. The number of amides is 1. The van der Waals surface area contributed by atoms with Crippen LogP contribution in [0.5, 0.6) is 5.75 Å². The van der Waals surface area contributed by atoms with Gasteiger partial charge < -0.3 is 15.4 Å². The molecule has 0 aliphatic heterocycles. The number of carbonyl (C=O) groups excluding carboxylic acids is 1. The third-order valence-electron chi connectivity index (χ3n) is 2.93. The second-order valence-corrected chi connectivity index (χ2v) is 6.06. The van der Waals surface area contributed by atoms with Crippen molar-refractivity contribution >= 4 is 34.5 Å². The standard InChI is InChI=1S/C15H18ClN3O2S/c1-10-9-22-15(19-10)8-18-14(20)5-6-17-12-7-11(16)3-4-13(12)21-2/h3-4,7,9,17H,5-6,8H2,1-2H3,(H,18,20). The first-order valence-corrected chi connectivity index (χ1v) is 8.09. The van der Waals surface area contributed by atoms with Crippen molar-refractivity contribution in [2.75, 3.05) is 19.0 Å². The Morgan fingerprint density at radius 2 is 2.27 bits per heavy atom. The summed E-state index contributed by atoms with van der Waals surface area (Å²) in [6.45, 7) is 2.90.